The Kier molecular flexibility index (Phi) is 6.43. The summed E-state index contributed by atoms with van der Waals surface area (Å²) in [6.07, 6.45) is 5.13. The number of pyridine rings is 1. The lowest BCUT2D eigenvalue weighted by Crippen LogP contribution is -2.42. The van der Waals surface area contributed by atoms with E-state index in [1.807, 2.05) is 36.5 Å². The number of hydrogen-bond acceptors (Lipinski definition) is 5. The number of nitrogens with one attached hydrogen (secondary N) is 2. The smallest absolute Gasteiger partial charge is 0.221 e. The van der Waals surface area contributed by atoms with Gasteiger partial charge in [0.25, 0.3) is 0 Å². The first-order chi connectivity index (χ1) is 15.4. The minimum absolute atomic E-state index is 0.106. The fourth-order valence-electron chi connectivity index (χ4n) is 4.15. The monoisotopic (exact) mass is 452 g/mol. The van der Waals surface area contributed by atoms with Crippen molar-refractivity contribution in [3.05, 3.63) is 54.9 Å². The zero-order valence-corrected chi connectivity index (χ0v) is 19.2. The van der Waals surface area contributed by atoms with Gasteiger partial charge in [0.15, 0.2) is 0 Å². The molecule has 0 aliphatic carbocycles. The Balaban J connectivity index is 1.62. The molecular formula is C24H28N4O3S. The lowest BCUT2D eigenvalue weighted by molar-refractivity contribution is -0.114. The third kappa shape index (κ3) is 4.92. The van der Waals surface area contributed by atoms with E-state index in [0.717, 1.165) is 46.1 Å². The predicted molar refractivity (Wildman–Crippen MR) is 129 cm³/mol. The van der Waals surface area contributed by atoms with Crippen LogP contribution in [0.3, 0.4) is 0 Å². The standard InChI is InChI=1S/C24H28N4O3S/c1-3-32(30,31)28-11-8-21(9-12-28)27-24-15-20(13-19-7-10-25-16-23(19)24)18-5-4-6-22(14-18)26-17(2)29/h4-7,10,13-16,21,27H,3,8-9,11-12H2,1-2H3,(H,26,29). The van der Waals surface area contributed by atoms with Crippen LogP contribution in [0.4, 0.5) is 11.4 Å². The highest BCUT2D eigenvalue weighted by Gasteiger charge is 2.26. The molecule has 1 aliphatic heterocycles. The second kappa shape index (κ2) is 9.26. The number of carbonyl (C=O) groups excluding carboxylic acids is 1. The van der Waals surface area contributed by atoms with E-state index in [-0.39, 0.29) is 17.7 Å². The SMILES string of the molecule is CCS(=O)(=O)N1CCC(Nc2cc(-c3cccc(NC(C)=O)c3)cc3ccncc23)CC1. The third-order valence-electron chi connectivity index (χ3n) is 5.84. The Bertz CT molecular complexity index is 1230. The Morgan fingerprint density at radius 3 is 2.62 bits per heavy atom. The van der Waals surface area contributed by atoms with Gasteiger partial charge in [0, 0.05) is 55.2 Å². The summed E-state index contributed by atoms with van der Waals surface area (Å²) in [6.45, 7) is 4.24. The Morgan fingerprint density at radius 1 is 1.12 bits per heavy atom. The Morgan fingerprint density at radius 2 is 1.91 bits per heavy atom. The highest BCUT2D eigenvalue weighted by atomic mass is 32.2. The van der Waals surface area contributed by atoms with E-state index in [1.54, 1.807) is 17.4 Å². The lowest BCUT2D eigenvalue weighted by atomic mass is 9.99. The van der Waals surface area contributed by atoms with Gasteiger partial charge in [-0.05, 0) is 66.6 Å². The van der Waals surface area contributed by atoms with Crippen LogP contribution in [0.25, 0.3) is 21.9 Å². The lowest BCUT2D eigenvalue weighted by Gasteiger charge is -2.32. The van der Waals surface area contributed by atoms with Crippen molar-refractivity contribution < 1.29 is 13.2 Å². The molecule has 8 heteroatoms. The molecule has 1 amide bonds. The van der Waals surface area contributed by atoms with Crippen molar-refractivity contribution in [2.24, 2.45) is 0 Å². The highest BCUT2D eigenvalue weighted by Crippen LogP contribution is 2.33. The summed E-state index contributed by atoms with van der Waals surface area (Å²) in [5.74, 6) is 0.0339. The normalized spacial score (nSPS) is 15.6. The molecule has 0 atom stereocenters. The maximum absolute atomic E-state index is 12.2. The molecule has 7 nitrogen and oxygen atoms in total. The van der Waals surface area contributed by atoms with E-state index in [2.05, 4.69) is 27.8 Å². The summed E-state index contributed by atoms with van der Waals surface area (Å²) in [5, 5.41) is 8.57. The van der Waals surface area contributed by atoms with Gasteiger partial charge in [-0.15, -0.1) is 0 Å². The van der Waals surface area contributed by atoms with Gasteiger partial charge in [0.2, 0.25) is 15.9 Å². The van der Waals surface area contributed by atoms with Crippen LogP contribution < -0.4 is 10.6 Å². The average molecular weight is 453 g/mol. The van der Waals surface area contributed by atoms with Gasteiger partial charge in [0.05, 0.1) is 5.75 Å². The van der Waals surface area contributed by atoms with Gasteiger partial charge >= 0.3 is 0 Å². The van der Waals surface area contributed by atoms with Gasteiger partial charge in [-0.1, -0.05) is 12.1 Å². The number of piperidine rings is 1. The van der Waals surface area contributed by atoms with E-state index in [0.29, 0.717) is 13.1 Å². The summed E-state index contributed by atoms with van der Waals surface area (Å²) < 4.78 is 25.9. The molecule has 0 unspecified atom stereocenters. The fourth-order valence-corrected chi connectivity index (χ4v) is 5.28. The molecule has 1 aliphatic rings. The van der Waals surface area contributed by atoms with Gasteiger partial charge < -0.3 is 10.6 Å². The zero-order valence-electron chi connectivity index (χ0n) is 18.3. The Labute approximate surface area is 188 Å². The number of fused-ring (bicyclic) bond motifs is 1. The second-order valence-corrected chi connectivity index (χ2v) is 10.4. The van der Waals surface area contributed by atoms with Crippen molar-refractivity contribution in [2.75, 3.05) is 29.5 Å². The Hall–Kier alpha value is -2.97. The molecule has 3 aromatic rings. The van der Waals surface area contributed by atoms with Crippen LogP contribution in [0.15, 0.2) is 54.9 Å². The first kappa shape index (κ1) is 22.2. The number of anilines is 2. The molecule has 1 saturated heterocycles. The van der Waals surface area contributed by atoms with E-state index in [9.17, 15) is 13.2 Å². The van der Waals surface area contributed by atoms with Gasteiger partial charge in [-0.3, -0.25) is 9.78 Å². The van der Waals surface area contributed by atoms with Crippen molar-refractivity contribution in [1.29, 1.82) is 0 Å². The minimum atomic E-state index is -3.14. The largest absolute Gasteiger partial charge is 0.382 e. The third-order valence-corrected chi connectivity index (χ3v) is 7.73. The zero-order chi connectivity index (χ0) is 22.7. The van der Waals surface area contributed by atoms with Crippen molar-refractivity contribution in [2.45, 2.75) is 32.7 Å². The summed E-state index contributed by atoms with van der Waals surface area (Å²) in [6, 6.07) is 14.2. The number of amides is 1. The van der Waals surface area contributed by atoms with Crippen LogP contribution in [0.5, 0.6) is 0 Å². The van der Waals surface area contributed by atoms with Crippen LogP contribution >= 0.6 is 0 Å². The van der Waals surface area contributed by atoms with Crippen molar-refractivity contribution >= 4 is 38.1 Å². The van der Waals surface area contributed by atoms with Gasteiger partial charge in [-0.25, -0.2) is 12.7 Å². The molecule has 2 aromatic carbocycles. The number of aromatic nitrogens is 1. The molecule has 0 radical (unpaired) electrons. The van der Waals surface area contributed by atoms with Crippen LogP contribution in [-0.4, -0.2) is 48.5 Å². The molecule has 2 heterocycles. The first-order valence-corrected chi connectivity index (χ1v) is 12.5. The molecule has 0 spiro atoms. The van der Waals surface area contributed by atoms with Crippen molar-refractivity contribution in [1.82, 2.24) is 9.29 Å². The van der Waals surface area contributed by atoms with E-state index in [4.69, 9.17) is 0 Å². The maximum atomic E-state index is 12.2. The molecule has 2 N–H and O–H groups in total. The van der Waals surface area contributed by atoms with Gasteiger partial charge in [0.1, 0.15) is 0 Å². The summed E-state index contributed by atoms with van der Waals surface area (Å²) in [7, 11) is -3.14. The molecule has 4 rings (SSSR count). The molecule has 0 bridgehead atoms. The van der Waals surface area contributed by atoms with E-state index >= 15 is 0 Å². The van der Waals surface area contributed by atoms with Crippen molar-refractivity contribution in [3.8, 4) is 11.1 Å². The number of benzene rings is 2. The number of carbonyl (C=O) groups is 1. The summed E-state index contributed by atoms with van der Waals surface area (Å²) >= 11 is 0. The minimum Gasteiger partial charge on any atom is -0.382 e. The molecule has 32 heavy (non-hydrogen) atoms. The van der Waals surface area contributed by atoms with Crippen LogP contribution in [0.1, 0.15) is 26.7 Å². The summed E-state index contributed by atoms with van der Waals surface area (Å²) in [4.78, 5) is 15.7. The average Bonchev–Trinajstić information content (AvgIpc) is 2.79. The van der Waals surface area contributed by atoms with Gasteiger partial charge in [-0.2, -0.15) is 0 Å². The topological polar surface area (TPSA) is 91.4 Å². The molecular weight excluding hydrogens is 424 g/mol. The second-order valence-electron chi connectivity index (χ2n) is 8.10. The summed E-state index contributed by atoms with van der Waals surface area (Å²) in [5.41, 5.74) is 3.77. The van der Waals surface area contributed by atoms with Crippen molar-refractivity contribution in [3.63, 3.8) is 0 Å². The predicted octanol–water partition coefficient (Wildman–Crippen LogP) is 4.09. The number of hydrogen-bond donors (Lipinski definition) is 2. The van der Waals surface area contributed by atoms with Crippen LogP contribution in [0, 0.1) is 0 Å². The molecule has 1 fully saturated rings. The van der Waals surface area contributed by atoms with Crippen LogP contribution in [-0.2, 0) is 14.8 Å². The number of rotatable bonds is 6. The van der Waals surface area contributed by atoms with E-state index < -0.39 is 10.0 Å². The van der Waals surface area contributed by atoms with E-state index in [1.165, 1.54) is 6.92 Å². The maximum Gasteiger partial charge on any atom is 0.221 e. The molecule has 0 saturated carbocycles. The number of nitrogens with zero attached hydrogens (tertiary/aromatic N) is 2. The number of sulfonamides is 1. The first-order valence-electron chi connectivity index (χ1n) is 10.9. The molecule has 168 valence electrons. The van der Waals surface area contributed by atoms with Crippen LogP contribution in [0.2, 0.25) is 0 Å². The highest BCUT2D eigenvalue weighted by molar-refractivity contribution is 7.89. The molecule has 1 aromatic heterocycles. The fraction of sp³-hybridized carbons (Fsp3) is 0.333. The quantitative estimate of drug-likeness (QED) is 0.588.